The van der Waals surface area contributed by atoms with Gasteiger partial charge in [0.2, 0.25) is 0 Å². The molecule has 0 bridgehead atoms. The van der Waals surface area contributed by atoms with Crippen LogP contribution in [0.15, 0.2) is 0 Å². The van der Waals surface area contributed by atoms with E-state index < -0.39 is 0 Å². The predicted octanol–water partition coefficient (Wildman–Crippen LogP) is 3.16. The molecule has 0 radical (unpaired) electrons. The van der Waals surface area contributed by atoms with Crippen LogP contribution in [-0.2, 0) is 4.79 Å². The number of Topliss-reactive ketones (excluding diaryl/α,β-unsaturated/α-hetero) is 1. The minimum Gasteiger partial charge on any atom is -0.315 e. The fourth-order valence-corrected chi connectivity index (χ4v) is 2.58. The molecule has 1 saturated carbocycles. The zero-order valence-electron chi connectivity index (χ0n) is 11.1. The van der Waals surface area contributed by atoms with Crippen LogP contribution in [0.25, 0.3) is 0 Å². The maximum atomic E-state index is 12.0. The number of rotatable bonds is 6. The summed E-state index contributed by atoms with van der Waals surface area (Å²) in [6.07, 6.45) is 6.62. The Morgan fingerprint density at radius 1 is 1.38 bits per heavy atom. The minimum atomic E-state index is 0.378. The Morgan fingerprint density at radius 3 is 2.75 bits per heavy atom. The molecule has 2 unspecified atom stereocenters. The second-order valence-electron chi connectivity index (χ2n) is 5.65. The van der Waals surface area contributed by atoms with E-state index in [4.69, 9.17) is 0 Å². The highest BCUT2D eigenvalue weighted by Crippen LogP contribution is 2.29. The summed E-state index contributed by atoms with van der Waals surface area (Å²) in [5.41, 5.74) is 0. The zero-order chi connectivity index (χ0) is 12.0. The van der Waals surface area contributed by atoms with Gasteiger partial charge in [-0.05, 0) is 31.7 Å². The van der Waals surface area contributed by atoms with Gasteiger partial charge in [-0.1, -0.05) is 33.6 Å². The topological polar surface area (TPSA) is 29.1 Å². The first-order chi connectivity index (χ1) is 7.59. The third-order valence-electron chi connectivity index (χ3n) is 3.54. The molecule has 0 aromatic rings. The highest BCUT2D eigenvalue weighted by Gasteiger charge is 2.24. The molecule has 94 valence electrons. The monoisotopic (exact) mass is 225 g/mol. The second kappa shape index (κ2) is 7.05. The lowest BCUT2D eigenvalue weighted by Gasteiger charge is -2.25. The molecule has 0 aliphatic heterocycles. The molecule has 0 aromatic heterocycles. The van der Waals surface area contributed by atoms with Crippen LogP contribution in [-0.4, -0.2) is 18.4 Å². The Kier molecular flexibility index (Phi) is 6.04. The van der Waals surface area contributed by atoms with Gasteiger partial charge in [0, 0.05) is 18.4 Å². The van der Waals surface area contributed by atoms with Gasteiger partial charge in [-0.15, -0.1) is 0 Å². The van der Waals surface area contributed by atoms with E-state index in [1.54, 1.807) is 0 Å². The van der Waals surface area contributed by atoms with Gasteiger partial charge in [-0.25, -0.2) is 0 Å². The molecule has 1 fully saturated rings. The molecule has 1 N–H and O–H groups in total. The van der Waals surface area contributed by atoms with Gasteiger partial charge in [-0.2, -0.15) is 0 Å². The standard InChI is InChI=1S/C14H27NO/c1-11(2)15-9-5-8-14(16)13-7-4-6-12(3)10-13/h11-13,15H,4-10H2,1-3H3. The Labute approximate surface area is 100 Å². The van der Waals surface area contributed by atoms with Crippen molar-refractivity contribution >= 4 is 5.78 Å². The number of nitrogens with one attached hydrogen (secondary N) is 1. The summed E-state index contributed by atoms with van der Waals surface area (Å²) in [6.45, 7) is 7.54. The van der Waals surface area contributed by atoms with Crippen molar-refractivity contribution in [3.05, 3.63) is 0 Å². The highest BCUT2D eigenvalue weighted by atomic mass is 16.1. The number of carbonyl (C=O) groups excluding carboxylic acids is 1. The third-order valence-corrected chi connectivity index (χ3v) is 3.54. The van der Waals surface area contributed by atoms with E-state index in [1.165, 1.54) is 12.8 Å². The molecule has 0 amide bonds. The fraction of sp³-hybridized carbons (Fsp3) is 0.929. The first kappa shape index (κ1) is 13.7. The van der Waals surface area contributed by atoms with Crippen molar-refractivity contribution in [2.75, 3.05) is 6.54 Å². The normalized spacial score (nSPS) is 26.0. The molecule has 1 aliphatic carbocycles. The van der Waals surface area contributed by atoms with Crippen molar-refractivity contribution in [1.82, 2.24) is 5.32 Å². The van der Waals surface area contributed by atoms with E-state index >= 15 is 0 Å². The number of carbonyl (C=O) groups is 1. The molecular formula is C14H27NO. The lowest BCUT2D eigenvalue weighted by atomic mass is 9.79. The number of hydrogen-bond acceptors (Lipinski definition) is 2. The quantitative estimate of drug-likeness (QED) is 0.704. The van der Waals surface area contributed by atoms with E-state index in [-0.39, 0.29) is 0 Å². The van der Waals surface area contributed by atoms with Gasteiger partial charge in [-0.3, -0.25) is 4.79 Å². The van der Waals surface area contributed by atoms with E-state index in [1.807, 2.05) is 0 Å². The lowest BCUT2D eigenvalue weighted by molar-refractivity contribution is -0.124. The van der Waals surface area contributed by atoms with Crippen molar-refractivity contribution in [1.29, 1.82) is 0 Å². The molecular weight excluding hydrogens is 198 g/mol. The van der Waals surface area contributed by atoms with Crippen molar-refractivity contribution in [2.45, 2.75) is 65.3 Å². The van der Waals surface area contributed by atoms with Crippen LogP contribution in [0.1, 0.15) is 59.3 Å². The van der Waals surface area contributed by atoms with Gasteiger partial charge < -0.3 is 5.32 Å². The van der Waals surface area contributed by atoms with Crippen LogP contribution in [0.4, 0.5) is 0 Å². The number of ketones is 1. The molecule has 0 saturated heterocycles. The SMILES string of the molecule is CC1CCCC(C(=O)CCCNC(C)C)C1. The molecule has 1 aliphatic rings. The second-order valence-corrected chi connectivity index (χ2v) is 5.65. The van der Waals surface area contributed by atoms with Crippen LogP contribution in [0, 0.1) is 11.8 Å². The molecule has 0 aromatic carbocycles. The summed E-state index contributed by atoms with van der Waals surface area (Å²) in [5.74, 6) is 1.65. The van der Waals surface area contributed by atoms with E-state index in [0.29, 0.717) is 17.7 Å². The van der Waals surface area contributed by atoms with Gasteiger partial charge in [0.1, 0.15) is 5.78 Å². The average molecular weight is 225 g/mol. The summed E-state index contributed by atoms with van der Waals surface area (Å²) in [5, 5.41) is 3.36. The minimum absolute atomic E-state index is 0.378. The van der Waals surface area contributed by atoms with Gasteiger partial charge in [0.25, 0.3) is 0 Å². The van der Waals surface area contributed by atoms with Crippen molar-refractivity contribution in [3.8, 4) is 0 Å². The van der Waals surface area contributed by atoms with Gasteiger partial charge in [0.05, 0.1) is 0 Å². The highest BCUT2D eigenvalue weighted by molar-refractivity contribution is 5.81. The Balaban J connectivity index is 2.14. The van der Waals surface area contributed by atoms with Crippen molar-refractivity contribution < 1.29 is 4.79 Å². The summed E-state index contributed by atoms with van der Waals surface area (Å²) < 4.78 is 0. The van der Waals surface area contributed by atoms with Gasteiger partial charge >= 0.3 is 0 Å². The third kappa shape index (κ3) is 5.11. The lowest BCUT2D eigenvalue weighted by Crippen LogP contribution is -2.26. The van der Waals surface area contributed by atoms with E-state index in [9.17, 15) is 4.79 Å². The van der Waals surface area contributed by atoms with E-state index in [2.05, 4.69) is 26.1 Å². The van der Waals surface area contributed by atoms with Crippen molar-refractivity contribution in [2.24, 2.45) is 11.8 Å². The van der Waals surface area contributed by atoms with Crippen molar-refractivity contribution in [3.63, 3.8) is 0 Å². The maximum Gasteiger partial charge on any atom is 0.136 e. The number of hydrogen-bond donors (Lipinski definition) is 1. The summed E-state index contributed by atoms with van der Waals surface area (Å²) in [7, 11) is 0. The Morgan fingerprint density at radius 2 is 2.12 bits per heavy atom. The van der Waals surface area contributed by atoms with Crippen LogP contribution in [0.2, 0.25) is 0 Å². The molecule has 16 heavy (non-hydrogen) atoms. The van der Waals surface area contributed by atoms with Gasteiger partial charge in [0.15, 0.2) is 0 Å². The summed E-state index contributed by atoms with van der Waals surface area (Å²) >= 11 is 0. The largest absolute Gasteiger partial charge is 0.315 e. The molecule has 2 heteroatoms. The fourth-order valence-electron chi connectivity index (χ4n) is 2.58. The first-order valence-corrected chi connectivity index (χ1v) is 6.85. The zero-order valence-corrected chi connectivity index (χ0v) is 11.1. The smallest absolute Gasteiger partial charge is 0.136 e. The molecule has 0 heterocycles. The average Bonchev–Trinajstić information content (AvgIpc) is 2.24. The molecule has 2 nitrogen and oxygen atoms in total. The molecule has 2 atom stereocenters. The summed E-state index contributed by atoms with van der Waals surface area (Å²) in [4.78, 5) is 12.0. The van der Waals surface area contributed by atoms with Crippen LogP contribution in [0.3, 0.4) is 0 Å². The maximum absolute atomic E-state index is 12.0. The summed E-state index contributed by atoms with van der Waals surface area (Å²) in [6, 6.07) is 0.532. The van der Waals surface area contributed by atoms with Crippen LogP contribution >= 0.6 is 0 Å². The Bertz CT molecular complexity index is 213. The first-order valence-electron chi connectivity index (χ1n) is 6.85. The van der Waals surface area contributed by atoms with Crippen LogP contribution < -0.4 is 5.32 Å². The molecule has 0 spiro atoms. The van der Waals surface area contributed by atoms with E-state index in [0.717, 1.165) is 38.1 Å². The Hall–Kier alpha value is -0.370. The predicted molar refractivity (Wildman–Crippen MR) is 68.5 cm³/mol. The van der Waals surface area contributed by atoms with Crippen LogP contribution in [0.5, 0.6) is 0 Å². The molecule has 1 rings (SSSR count).